The molecule has 0 aliphatic heterocycles. The van der Waals surface area contributed by atoms with Gasteiger partial charge in [0, 0.05) is 16.1 Å². The van der Waals surface area contributed by atoms with Crippen molar-refractivity contribution in [3.8, 4) is 5.75 Å². The van der Waals surface area contributed by atoms with E-state index in [1.807, 2.05) is 0 Å². The molecule has 1 amide bonds. The maximum Gasteiger partial charge on any atom is 0.258 e. The average molecular weight is 342 g/mol. The summed E-state index contributed by atoms with van der Waals surface area (Å²) in [5.41, 5.74) is 0.755. The number of amides is 1. The zero-order valence-electron chi connectivity index (χ0n) is 11.8. The van der Waals surface area contributed by atoms with E-state index in [2.05, 4.69) is 5.32 Å². The predicted molar refractivity (Wildman–Crippen MR) is 84.9 cm³/mol. The standard InChI is InChI=1S/C16H14Cl2FNO2/c1-10(14-6-5-11(17)7-15(14)18)20-16(21)9-22-13-4-2-3-12(19)8-13/h2-8,10H,9H2,1H3,(H,20,21)/t10-/m0/s1. The maximum absolute atomic E-state index is 13.0. The lowest BCUT2D eigenvalue weighted by molar-refractivity contribution is -0.123. The van der Waals surface area contributed by atoms with Gasteiger partial charge in [0.1, 0.15) is 11.6 Å². The molecule has 2 rings (SSSR count). The molecular weight excluding hydrogens is 328 g/mol. The molecule has 0 aromatic heterocycles. The van der Waals surface area contributed by atoms with E-state index in [-0.39, 0.29) is 18.6 Å². The van der Waals surface area contributed by atoms with Gasteiger partial charge in [-0.1, -0.05) is 35.3 Å². The minimum absolute atomic E-state index is 0.209. The molecule has 0 aliphatic rings. The molecule has 2 aromatic carbocycles. The van der Waals surface area contributed by atoms with E-state index in [9.17, 15) is 9.18 Å². The summed E-state index contributed by atoms with van der Waals surface area (Å²) < 4.78 is 18.2. The molecule has 0 radical (unpaired) electrons. The Hall–Kier alpha value is -1.78. The molecule has 0 aliphatic carbocycles. The van der Waals surface area contributed by atoms with Crippen LogP contribution in [0.5, 0.6) is 5.75 Å². The van der Waals surface area contributed by atoms with Crippen molar-refractivity contribution in [3.05, 3.63) is 63.9 Å². The van der Waals surface area contributed by atoms with Gasteiger partial charge in [-0.25, -0.2) is 4.39 Å². The highest BCUT2D eigenvalue weighted by Gasteiger charge is 2.13. The fourth-order valence-electron chi connectivity index (χ4n) is 1.92. The summed E-state index contributed by atoms with van der Waals surface area (Å²) in [7, 11) is 0. The van der Waals surface area contributed by atoms with Crippen LogP contribution in [0.2, 0.25) is 10.0 Å². The average Bonchev–Trinajstić information content (AvgIpc) is 2.45. The second-order valence-electron chi connectivity index (χ2n) is 4.70. The first kappa shape index (κ1) is 16.6. The summed E-state index contributed by atoms with van der Waals surface area (Å²) >= 11 is 11.9. The SMILES string of the molecule is C[C@H](NC(=O)COc1cccc(F)c1)c1ccc(Cl)cc1Cl. The summed E-state index contributed by atoms with van der Waals surface area (Å²) in [6, 6.07) is 10.4. The molecule has 3 nitrogen and oxygen atoms in total. The Morgan fingerprint density at radius 2 is 2.05 bits per heavy atom. The van der Waals surface area contributed by atoms with E-state index in [1.165, 1.54) is 18.2 Å². The van der Waals surface area contributed by atoms with Crippen molar-refractivity contribution in [2.24, 2.45) is 0 Å². The number of rotatable bonds is 5. The van der Waals surface area contributed by atoms with E-state index in [1.54, 1.807) is 31.2 Å². The minimum atomic E-state index is -0.417. The van der Waals surface area contributed by atoms with Crippen LogP contribution in [0.3, 0.4) is 0 Å². The number of ether oxygens (including phenoxy) is 1. The molecule has 0 fully saturated rings. The molecule has 0 saturated heterocycles. The first-order valence-corrected chi connectivity index (χ1v) is 7.34. The molecule has 0 unspecified atom stereocenters. The third kappa shape index (κ3) is 4.61. The monoisotopic (exact) mass is 341 g/mol. The summed E-state index contributed by atoms with van der Waals surface area (Å²) in [5.74, 6) is -0.450. The summed E-state index contributed by atoms with van der Waals surface area (Å²) in [4.78, 5) is 11.9. The van der Waals surface area contributed by atoms with E-state index in [0.29, 0.717) is 15.8 Å². The molecule has 116 valence electrons. The fourth-order valence-corrected chi connectivity index (χ4v) is 2.49. The van der Waals surface area contributed by atoms with Crippen molar-refractivity contribution in [2.75, 3.05) is 6.61 Å². The van der Waals surface area contributed by atoms with Crippen LogP contribution in [0.1, 0.15) is 18.5 Å². The van der Waals surface area contributed by atoms with Gasteiger partial charge in [-0.15, -0.1) is 0 Å². The molecule has 0 heterocycles. The minimum Gasteiger partial charge on any atom is -0.484 e. The molecular formula is C16H14Cl2FNO2. The second-order valence-corrected chi connectivity index (χ2v) is 5.54. The van der Waals surface area contributed by atoms with Crippen LogP contribution in [0.15, 0.2) is 42.5 Å². The van der Waals surface area contributed by atoms with Crippen molar-refractivity contribution in [1.82, 2.24) is 5.32 Å². The number of hydrogen-bond donors (Lipinski definition) is 1. The lowest BCUT2D eigenvalue weighted by atomic mass is 10.1. The number of carbonyl (C=O) groups excluding carboxylic acids is 1. The molecule has 2 aromatic rings. The van der Waals surface area contributed by atoms with E-state index in [4.69, 9.17) is 27.9 Å². The molecule has 1 atom stereocenters. The highest BCUT2D eigenvalue weighted by atomic mass is 35.5. The third-order valence-electron chi connectivity index (χ3n) is 2.97. The van der Waals surface area contributed by atoms with Gasteiger partial charge in [-0.2, -0.15) is 0 Å². The van der Waals surface area contributed by atoms with Gasteiger partial charge in [-0.3, -0.25) is 4.79 Å². The maximum atomic E-state index is 13.0. The normalized spacial score (nSPS) is 11.8. The Morgan fingerprint density at radius 1 is 1.27 bits per heavy atom. The predicted octanol–water partition coefficient (Wildman–Crippen LogP) is 4.39. The van der Waals surface area contributed by atoms with Crippen molar-refractivity contribution < 1.29 is 13.9 Å². The van der Waals surface area contributed by atoms with Crippen molar-refractivity contribution >= 4 is 29.1 Å². The Labute approximate surface area is 138 Å². The number of benzene rings is 2. The molecule has 22 heavy (non-hydrogen) atoms. The molecule has 6 heteroatoms. The van der Waals surface area contributed by atoms with Gasteiger partial charge in [0.05, 0.1) is 6.04 Å². The van der Waals surface area contributed by atoms with Crippen LogP contribution in [0.4, 0.5) is 4.39 Å². The molecule has 0 saturated carbocycles. The Balaban J connectivity index is 1.91. The van der Waals surface area contributed by atoms with Gasteiger partial charge in [-0.05, 0) is 36.8 Å². The van der Waals surface area contributed by atoms with Gasteiger partial charge in [0.2, 0.25) is 0 Å². The van der Waals surface area contributed by atoms with Crippen LogP contribution in [-0.2, 0) is 4.79 Å². The van der Waals surface area contributed by atoms with E-state index >= 15 is 0 Å². The summed E-state index contributed by atoms with van der Waals surface area (Å²) in [6.45, 7) is 1.59. The Bertz CT molecular complexity index is 679. The Morgan fingerprint density at radius 3 is 2.73 bits per heavy atom. The first-order chi connectivity index (χ1) is 10.5. The smallest absolute Gasteiger partial charge is 0.258 e. The molecule has 0 bridgehead atoms. The van der Waals surface area contributed by atoms with Gasteiger partial charge in [0.25, 0.3) is 5.91 Å². The lowest BCUT2D eigenvalue weighted by Gasteiger charge is -2.16. The summed E-state index contributed by atoms with van der Waals surface area (Å²) in [5, 5.41) is 3.76. The largest absolute Gasteiger partial charge is 0.484 e. The number of hydrogen-bond acceptors (Lipinski definition) is 2. The highest BCUT2D eigenvalue weighted by molar-refractivity contribution is 6.35. The first-order valence-electron chi connectivity index (χ1n) is 6.58. The van der Waals surface area contributed by atoms with Gasteiger partial charge in [0.15, 0.2) is 6.61 Å². The third-order valence-corrected chi connectivity index (χ3v) is 3.53. The van der Waals surface area contributed by atoms with Crippen LogP contribution in [-0.4, -0.2) is 12.5 Å². The van der Waals surface area contributed by atoms with Crippen LogP contribution >= 0.6 is 23.2 Å². The number of nitrogens with one attached hydrogen (secondary N) is 1. The van der Waals surface area contributed by atoms with Crippen LogP contribution in [0, 0.1) is 5.82 Å². The molecule has 1 N–H and O–H groups in total. The van der Waals surface area contributed by atoms with Gasteiger partial charge >= 0.3 is 0 Å². The summed E-state index contributed by atoms with van der Waals surface area (Å²) in [6.07, 6.45) is 0. The van der Waals surface area contributed by atoms with Crippen LogP contribution < -0.4 is 10.1 Å². The molecule has 0 spiro atoms. The lowest BCUT2D eigenvalue weighted by Crippen LogP contribution is -2.31. The van der Waals surface area contributed by atoms with Crippen molar-refractivity contribution in [2.45, 2.75) is 13.0 Å². The topological polar surface area (TPSA) is 38.3 Å². The van der Waals surface area contributed by atoms with Crippen molar-refractivity contribution in [1.29, 1.82) is 0 Å². The van der Waals surface area contributed by atoms with Crippen molar-refractivity contribution in [3.63, 3.8) is 0 Å². The Kier molecular flexibility index (Phi) is 5.63. The number of halogens is 3. The van der Waals surface area contributed by atoms with E-state index in [0.717, 1.165) is 5.56 Å². The number of carbonyl (C=O) groups is 1. The fraction of sp³-hybridized carbons (Fsp3) is 0.188. The second kappa shape index (κ2) is 7.47. The van der Waals surface area contributed by atoms with Gasteiger partial charge < -0.3 is 10.1 Å². The zero-order chi connectivity index (χ0) is 16.1. The zero-order valence-corrected chi connectivity index (χ0v) is 13.3. The highest BCUT2D eigenvalue weighted by Crippen LogP contribution is 2.26. The van der Waals surface area contributed by atoms with Crippen LogP contribution in [0.25, 0.3) is 0 Å². The quantitative estimate of drug-likeness (QED) is 0.875. The van der Waals surface area contributed by atoms with E-state index < -0.39 is 5.82 Å².